The highest BCUT2D eigenvalue weighted by molar-refractivity contribution is 7.71. The zero-order valence-electron chi connectivity index (χ0n) is 8.48. The van der Waals surface area contributed by atoms with E-state index < -0.39 is 11.8 Å². The Balaban J connectivity index is 2.64. The van der Waals surface area contributed by atoms with E-state index in [0.29, 0.717) is 0 Å². The molecule has 0 bridgehead atoms. The second kappa shape index (κ2) is 4.42. The lowest BCUT2D eigenvalue weighted by Crippen LogP contribution is -2.03. The summed E-state index contributed by atoms with van der Waals surface area (Å²) in [5, 5.41) is 8.85. The Morgan fingerprint density at radius 1 is 1.41 bits per heavy atom. The van der Waals surface area contributed by atoms with Crippen molar-refractivity contribution in [3.63, 3.8) is 0 Å². The normalized spacial score (nSPS) is 10.2. The topological polar surface area (TPSA) is 66.0 Å². The summed E-state index contributed by atoms with van der Waals surface area (Å²) in [6.07, 6.45) is 0. The second-order valence-corrected chi connectivity index (χ2v) is 3.68. The van der Waals surface area contributed by atoms with Gasteiger partial charge < -0.3 is 10.1 Å². The van der Waals surface area contributed by atoms with Gasteiger partial charge in [0, 0.05) is 6.07 Å². The Labute approximate surface area is 101 Å². The molecule has 6 heteroatoms. The van der Waals surface area contributed by atoms with Crippen molar-refractivity contribution < 1.29 is 14.3 Å². The summed E-state index contributed by atoms with van der Waals surface area (Å²) in [6.45, 7) is 0. The number of hydrogen-bond donors (Lipinski definition) is 2. The quantitative estimate of drug-likeness (QED) is 0.804. The first kappa shape index (κ1) is 11.4. The van der Waals surface area contributed by atoms with Crippen molar-refractivity contribution in [1.82, 2.24) is 9.97 Å². The molecule has 0 fully saturated rings. The maximum atomic E-state index is 13.5. The van der Waals surface area contributed by atoms with Gasteiger partial charge in [0.05, 0.1) is 5.56 Å². The fourth-order valence-electron chi connectivity index (χ4n) is 1.35. The van der Waals surface area contributed by atoms with Crippen molar-refractivity contribution in [3.05, 3.63) is 46.5 Å². The minimum atomic E-state index is -1.17. The van der Waals surface area contributed by atoms with Crippen LogP contribution in [0.5, 0.6) is 0 Å². The van der Waals surface area contributed by atoms with Crippen LogP contribution in [0, 0.1) is 10.5 Å². The highest BCUT2D eigenvalue weighted by Crippen LogP contribution is 2.18. The third-order valence-electron chi connectivity index (χ3n) is 2.10. The van der Waals surface area contributed by atoms with Gasteiger partial charge in [-0.1, -0.05) is 24.4 Å². The van der Waals surface area contributed by atoms with E-state index in [4.69, 9.17) is 17.3 Å². The van der Waals surface area contributed by atoms with Crippen LogP contribution in [0.25, 0.3) is 11.4 Å². The van der Waals surface area contributed by atoms with Crippen LogP contribution in [0.4, 0.5) is 4.39 Å². The van der Waals surface area contributed by atoms with E-state index in [1.807, 2.05) is 0 Å². The molecule has 0 aliphatic heterocycles. The molecule has 0 radical (unpaired) electrons. The van der Waals surface area contributed by atoms with Gasteiger partial charge in [-0.25, -0.2) is 14.2 Å². The van der Waals surface area contributed by atoms with Gasteiger partial charge in [-0.05, 0) is 12.1 Å². The number of rotatable bonds is 2. The number of benzene rings is 1. The number of halogens is 1. The maximum absolute atomic E-state index is 13.5. The van der Waals surface area contributed by atoms with Crippen molar-refractivity contribution in [2.45, 2.75) is 0 Å². The third-order valence-corrected chi connectivity index (χ3v) is 2.31. The van der Waals surface area contributed by atoms with Gasteiger partial charge >= 0.3 is 5.97 Å². The molecule has 4 nitrogen and oxygen atoms in total. The van der Waals surface area contributed by atoms with Gasteiger partial charge in [0.25, 0.3) is 0 Å². The molecule has 2 aromatic rings. The van der Waals surface area contributed by atoms with E-state index in [1.165, 1.54) is 24.3 Å². The van der Waals surface area contributed by atoms with E-state index in [0.717, 1.165) is 0 Å². The molecule has 0 atom stereocenters. The second-order valence-electron chi connectivity index (χ2n) is 3.27. The summed E-state index contributed by atoms with van der Waals surface area (Å²) in [6, 6.07) is 7.14. The number of aromatic carboxylic acids is 1. The number of carboxylic acid groups (broad SMARTS) is 1. The Morgan fingerprint density at radius 3 is 2.76 bits per heavy atom. The van der Waals surface area contributed by atoms with E-state index >= 15 is 0 Å². The molecule has 0 saturated carbocycles. The Morgan fingerprint density at radius 2 is 2.12 bits per heavy atom. The lowest BCUT2D eigenvalue weighted by Gasteiger charge is -2.03. The van der Waals surface area contributed by atoms with Crippen LogP contribution in [0.15, 0.2) is 30.3 Å². The molecule has 0 saturated heterocycles. The van der Waals surface area contributed by atoms with Crippen molar-refractivity contribution in [2.24, 2.45) is 0 Å². The molecule has 2 N–H and O–H groups in total. The fraction of sp³-hybridized carbons (Fsp3) is 0. The van der Waals surface area contributed by atoms with Crippen LogP contribution in [-0.4, -0.2) is 21.0 Å². The summed E-state index contributed by atoms with van der Waals surface area (Å²) in [7, 11) is 0. The molecule has 17 heavy (non-hydrogen) atoms. The zero-order valence-corrected chi connectivity index (χ0v) is 9.29. The average Bonchev–Trinajstić information content (AvgIpc) is 2.28. The van der Waals surface area contributed by atoms with Crippen molar-refractivity contribution in [2.75, 3.05) is 0 Å². The molecule has 1 aromatic carbocycles. The van der Waals surface area contributed by atoms with Crippen LogP contribution in [0.3, 0.4) is 0 Å². The van der Waals surface area contributed by atoms with E-state index in [9.17, 15) is 9.18 Å². The average molecular weight is 250 g/mol. The molecule has 0 spiro atoms. The molecule has 1 heterocycles. The summed E-state index contributed by atoms with van der Waals surface area (Å²) >= 11 is 4.83. The molecule has 0 amide bonds. The zero-order chi connectivity index (χ0) is 12.4. The Kier molecular flexibility index (Phi) is 2.97. The summed E-state index contributed by atoms with van der Waals surface area (Å²) in [4.78, 5) is 17.3. The highest BCUT2D eigenvalue weighted by Gasteiger charge is 2.10. The summed E-state index contributed by atoms with van der Waals surface area (Å²) in [5.41, 5.74) is 0.0601. The van der Waals surface area contributed by atoms with Crippen LogP contribution in [0.2, 0.25) is 0 Å². The molecule has 0 unspecified atom stereocenters. The Hall–Kier alpha value is -2.08. The van der Waals surface area contributed by atoms with Crippen LogP contribution in [0.1, 0.15) is 10.5 Å². The largest absolute Gasteiger partial charge is 0.477 e. The number of nitrogens with one attached hydrogen (secondary N) is 1. The molecule has 86 valence electrons. The number of hydrogen-bond acceptors (Lipinski definition) is 3. The van der Waals surface area contributed by atoms with Crippen molar-refractivity contribution >= 4 is 18.2 Å². The first-order valence-electron chi connectivity index (χ1n) is 4.67. The molecule has 0 aliphatic carbocycles. The van der Waals surface area contributed by atoms with Crippen molar-refractivity contribution in [1.29, 1.82) is 0 Å². The van der Waals surface area contributed by atoms with Crippen LogP contribution < -0.4 is 0 Å². The molecule has 0 aliphatic rings. The van der Waals surface area contributed by atoms with E-state index in [2.05, 4.69) is 9.97 Å². The monoisotopic (exact) mass is 250 g/mol. The summed E-state index contributed by atoms with van der Waals surface area (Å²) < 4.78 is 13.6. The minimum Gasteiger partial charge on any atom is -0.477 e. The number of H-pyrrole nitrogens is 1. The lowest BCUT2D eigenvalue weighted by atomic mass is 10.2. The van der Waals surface area contributed by atoms with Gasteiger partial charge in [-0.15, -0.1) is 0 Å². The van der Waals surface area contributed by atoms with Gasteiger partial charge in [-0.3, -0.25) is 0 Å². The van der Waals surface area contributed by atoms with Crippen LogP contribution >= 0.6 is 12.2 Å². The van der Waals surface area contributed by atoms with Gasteiger partial charge in [0.1, 0.15) is 22.0 Å². The van der Waals surface area contributed by atoms with Gasteiger partial charge in [0.15, 0.2) is 0 Å². The number of nitrogens with zero attached hydrogens (tertiary/aromatic N) is 1. The molecule has 1 aromatic heterocycles. The van der Waals surface area contributed by atoms with Gasteiger partial charge in [0.2, 0.25) is 0 Å². The van der Waals surface area contributed by atoms with Crippen molar-refractivity contribution in [3.8, 4) is 11.4 Å². The third kappa shape index (κ3) is 2.36. The maximum Gasteiger partial charge on any atom is 0.352 e. The van der Waals surface area contributed by atoms with Crippen LogP contribution in [-0.2, 0) is 0 Å². The SMILES string of the molecule is O=C(O)c1cc(=S)nc(-c2ccccc2F)[nH]1. The van der Waals surface area contributed by atoms with E-state index in [1.54, 1.807) is 6.07 Å². The number of aromatic amines is 1. The first-order valence-corrected chi connectivity index (χ1v) is 5.08. The fourth-order valence-corrected chi connectivity index (χ4v) is 1.56. The standard InChI is InChI=1S/C11H7FN2O2S/c12-7-4-2-1-3-6(7)10-13-8(11(15)16)5-9(17)14-10/h1-5H,(H,15,16)(H,13,14,17). The number of carboxylic acids is 1. The number of aromatic nitrogens is 2. The molecular formula is C11H7FN2O2S. The number of carbonyl (C=O) groups is 1. The highest BCUT2D eigenvalue weighted by atomic mass is 32.1. The van der Waals surface area contributed by atoms with Gasteiger partial charge in [-0.2, -0.15) is 0 Å². The minimum absolute atomic E-state index is 0.0967. The Bertz CT molecular complexity index is 639. The lowest BCUT2D eigenvalue weighted by molar-refractivity contribution is 0.0690. The smallest absolute Gasteiger partial charge is 0.352 e. The van der Waals surface area contributed by atoms with E-state index in [-0.39, 0.29) is 21.7 Å². The molecule has 2 rings (SSSR count). The molecular weight excluding hydrogens is 243 g/mol. The predicted molar refractivity (Wildman–Crippen MR) is 61.8 cm³/mol. The first-order chi connectivity index (χ1) is 8.08. The predicted octanol–water partition coefficient (Wildman–Crippen LogP) is 2.64. The summed E-state index contributed by atoms with van der Waals surface area (Å²) in [5.74, 6) is -1.56.